The van der Waals surface area contributed by atoms with Gasteiger partial charge in [0, 0.05) is 43.6 Å². The number of hydrogen-bond donors (Lipinski definition) is 0. The molecule has 1 aromatic carbocycles. The van der Waals surface area contributed by atoms with E-state index in [0.29, 0.717) is 25.3 Å². The van der Waals surface area contributed by atoms with E-state index < -0.39 is 5.54 Å². The Balaban J connectivity index is 1.41. The van der Waals surface area contributed by atoms with Gasteiger partial charge >= 0.3 is 6.09 Å². The van der Waals surface area contributed by atoms with Crippen molar-refractivity contribution in [2.24, 2.45) is 0 Å². The summed E-state index contributed by atoms with van der Waals surface area (Å²) in [6.45, 7) is 11.2. The minimum absolute atomic E-state index is 0.0121. The molecule has 3 heterocycles. The first-order valence-electron chi connectivity index (χ1n) is 10.3. The van der Waals surface area contributed by atoms with E-state index in [2.05, 4.69) is 22.9 Å². The van der Waals surface area contributed by atoms with Crippen molar-refractivity contribution < 1.29 is 14.3 Å². The van der Waals surface area contributed by atoms with Gasteiger partial charge in [-0.2, -0.15) is 0 Å². The number of anilines is 2. The molecule has 0 radical (unpaired) electrons. The van der Waals surface area contributed by atoms with Crippen molar-refractivity contribution in [3.8, 4) is 0 Å². The van der Waals surface area contributed by atoms with Gasteiger partial charge in [0.2, 0.25) is 0 Å². The number of benzene rings is 1. The summed E-state index contributed by atoms with van der Waals surface area (Å²) in [5.41, 5.74) is 3.28. The first kappa shape index (κ1) is 20.2. The summed E-state index contributed by atoms with van der Waals surface area (Å²) in [6, 6.07) is 9.35. The molecule has 0 saturated carbocycles. The number of carbonyl (C=O) groups excluding carboxylic acids is 2. The predicted octanol–water partition coefficient (Wildman–Crippen LogP) is 3.40. The number of rotatable bonds is 3. The smallest absolute Gasteiger partial charge is 0.414 e. The Morgan fingerprint density at radius 2 is 1.73 bits per heavy atom. The molecule has 2 aromatic rings. The van der Waals surface area contributed by atoms with Gasteiger partial charge in [-0.25, -0.2) is 9.78 Å². The van der Waals surface area contributed by atoms with Crippen LogP contribution in [0.4, 0.5) is 16.3 Å². The normalized spacial score (nSPS) is 18.5. The van der Waals surface area contributed by atoms with Crippen LogP contribution in [-0.2, 0) is 4.74 Å². The summed E-state index contributed by atoms with van der Waals surface area (Å²) in [4.78, 5) is 35.4. The van der Waals surface area contributed by atoms with E-state index in [1.165, 1.54) is 0 Å². The lowest BCUT2D eigenvalue weighted by Gasteiger charge is -2.36. The van der Waals surface area contributed by atoms with E-state index in [1.807, 2.05) is 44.0 Å². The first-order chi connectivity index (χ1) is 14.3. The van der Waals surface area contributed by atoms with Gasteiger partial charge in [0.15, 0.2) is 0 Å². The minimum Gasteiger partial charge on any atom is -0.447 e. The number of aryl methyl sites for hydroxylation is 2. The van der Waals surface area contributed by atoms with Crippen LogP contribution in [0.2, 0.25) is 0 Å². The standard InChI is InChI=1S/C23H28N4O3/c1-16-13-17(2)20(24-14-16)25-9-11-26(12-10-25)21(28)18-5-7-19(8-6-18)27-22(29)30-15-23(27,3)4/h5-8,13-14H,9-12,15H2,1-4H3. The average molecular weight is 409 g/mol. The largest absolute Gasteiger partial charge is 0.447 e. The van der Waals surface area contributed by atoms with Crippen LogP contribution >= 0.6 is 0 Å². The molecule has 7 nitrogen and oxygen atoms in total. The van der Waals surface area contributed by atoms with Crippen molar-refractivity contribution >= 4 is 23.5 Å². The van der Waals surface area contributed by atoms with Crippen molar-refractivity contribution in [2.75, 3.05) is 42.6 Å². The van der Waals surface area contributed by atoms with Crippen molar-refractivity contribution in [1.82, 2.24) is 9.88 Å². The van der Waals surface area contributed by atoms with Crippen LogP contribution in [0.3, 0.4) is 0 Å². The van der Waals surface area contributed by atoms with Gasteiger partial charge < -0.3 is 14.5 Å². The number of pyridine rings is 1. The fourth-order valence-electron chi connectivity index (χ4n) is 4.17. The lowest BCUT2D eigenvalue weighted by Crippen LogP contribution is -2.49. The van der Waals surface area contributed by atoms with Gasteiger partial charge in [-0.3, -0.25) is 9.69 Å². The fourth-order valence-corrected chi connectivity index (χ4v) is 4.17. The third kappa shape index (κ3) is 3.72. The summed E-state index contributed by atoms with van der Waals surface area (Å²) in [5.74, 6) is 1.01. The Bertz CT molecular complexity index is 963. The summed E-state index contributed by atoms with van der Waals surface area (Å²) < 4.78 is 5.17. The third-order valence-electron chi connectivity index (χ3n) is 5.76. The molecule has 2 aliphatic rings. The third-order valence-corrected chi connectivity index (χ3v) is 5.76. The number of carbonyl (C=O) groups is 2. The predicted molar refractivity (Wildman–Crippen MR) is 116 cm³/mol. The monoisotopic (exact) mass is 408 g/mol. The Morgan fingerprint density at radius 1 is 1.07 bits per heavy atom. The van der Waals surface area contributed by atoms with E-state index >= 15 is 0 Å². The summed E-state index contributed by atoms with van der Waals surface area (Å²) in [6.07, 6.45) is 1.54. The maximum Gasteiger partial charge on any atom is 0.414 e. The van der Waals surface area contributed by atoms with E-state index in [9.17, 15) is 9.59 Å². The SMILES string of the molecule is Cc1cnc(N2CCN(C(=O)c3ccc(N4C(=O)OCC4(C)C)cc3)CC2)c(C)c1. The molecule has 30 heavy (non-hydrogen) atoms. The van der Waals surface area contributed by atoms with Crippen LogP contribution in [0.5, 0.6) is 0 Å². The first-order valence-corrected chi connectivity index (χ1v) is 10.3. The molecule has 2 saturated heterocycles. The fraction of sp³-hybridized carbons (Fsp3) is 0.435. The second-order valence-electron chi connectivity index (χ2n) is 8.68. The molecule has 4 rings (SSSR count). The minimum atomic E-state index is -0.402. The number of amides is 2. The van der Waals surface area contributed by atoms with Gasteiger partial charge in [0.1, 0.15) is 12.4 Å². The number of aromatic nitrogens is 1. The van der Waals surface area contributed by atoms with Crippen LogP contribution in [-0.4, -0.2) is 60.2 Å². The van der Waals surface area contributed by atoms with Crippen molar-refractivity contribution in [3.63, 3.8) is 0 Å². The van der Waals surface area contributed by atoms with Crippen LogP contribution in [0.1, 0.15) is 35.3 Å². The van der Waals surface area contributed by atoms with E-state index in [-0.39, 0.29) is 12.0 Å². The second kappa shape index (κ2) is 7.63. The molecule has 0 N–H and O–H groups in total. The van der Waals surface area contributed by atoms with Crippen LogP contribution in [0.15, 0.2) is 36.5 Å². The zero-order valence-corrected chi connectivity index (χ0v) is 18.0. The van der Waals surface area contributed by atoms with Crippen molar-refractivity contribution in [1.29, 1.82) is 0 Å². The van der Waals surface area contributed by atoms with E-state index in [1.54, 1.807) is 17.0 Å². The topological polar surface area (TPSA) is 66.0 Å². The molecule has 2 fully saturated rings. The van der Waals surface area contributed by atoms with E-state index in [0.717, 1.165) is 35.7 Å². The molecule has 158 valence electrons. The number of hydrogen-bond acceptors (Lipinski definition) is 5. The molecule has 1 aromatic heterocycles. The van der Waals surface area contributed by atoms with Gasteiger partial charge in [0.25, 0.3) is 5.91 Å². The van der Waals surface area contributed by atoms with Gasteiger partial charge in [0.05, 0.1) is 5.54 Å². The molecule has 0 atom stereocenters. The molecule has 0 unspecified atom stereocenters. The van der Waals surface area contributed by atoms with Crippen molar-refractivity contribution in [3.05, 3.63) is 53.2 Å². The molecule has 0 spiro atoms. The molecular weight excluding hydrogens is 380 g/mol. The van der Waals surface area contributed by atoms with Crippen LogP contribution in [0.25, 0.3) is 0 Å². The zero-order valence-electron chi connectivity index (χ0n) is 18.0. The average Bonchev–Trinajstić information content (AvgIpc) is 3.00. The summed E-state index contributed by atoms with van der Waals surface area (Å²) in [5, 5.41) is 0. The molecule has 0 aliphatic carbocycles. The highest BCUT2D eigenvalue weighted by Crippen LogP contribution is 2.30. The van der Waals surface area contributed by atoms with Crippen molar-refractivity contribution in [2.45, 2.75) is 33.2 Å². The lowest BCUT2D eigenvalue weighted by molar-refractivity contribution is 0.0746. The molecule has 0 bridgehead atoms. The quantitative estimate of drug-likeness (QED) is 0.779. The van der Waals surface area contributed by atoms with Crippen LogP contribution in [0, 0.1) is 13.8 Å². The molecule has 7 heteroatoms. The highest BCUT2D eigenvalue weighted by molar-refractivity contribution is 5.96. The highest BCUT2D eigenvalue weighted by atomic mass is 16.6. The van der Waals surface area contributed by atoms with Gasteiger partial charge in [-0.05, 0) is 63.1 Å². The second-order valence-corrected chi connectivity index (χ2v) is 8.68. The lowest BCUT2D eigenvalue weighted by atomic mass is 10.0. The molecule has 2 aliphatic heterocycles. The Morgan fingerprint density at radius 3 is 2.30 bits per heavy atom. The van der Waals surface area contributed by atoms with Gasteiger partial charge in [-0.15, -0.1) is 0 Å². The molecular formula is C23H28N4O3. The van der Waals surface area contributed by atoms with Crippen LogP contribution < -0.4 is 9.80 Å². The Hall–Kier alpha value is -3.09. The Kier molecular flexibility index (Phi) is 5.13. The number of nitrogens with zero attached hydrogens (tertiary/aromatic N) is 4. The number of piperazine rings is 1. The van der Waals surface area contributed by atoms with E-state index in [4.69, 9.17) is 4.74 Å². The summed E-state index contributed by atoms with van der Waals surface area (Å²) in [7, 11) is 0. The van der Waals surface area contributed by atoms with Gasteiger partial charge in [-0.1, -0.05) is 6.07 Å². The summed E-state index contributed by atoms with van der Waals surface area (Å²) >= 11 is 0. The zero-order chi connectivity index (χ0) is 21.5. The maximum absolute atomic E-state index is 13.0. The Labute approximate surface area is 177 Å². The maximum atomic E-state index is 13.0. The number of ether oxygens (including phenoxy) is 1. The molecule has 2 amide bonds. The highest BCUT2D eigenvalue weighted by Gasteiger charge is 2.40. The number of cyclic esters (lactones) is 1.